The van der Waals surface area contributed by atoms with Crippen LogP contribution in [0.2, 0.25) is 0 Å². The van der Waals surface area contributed by atoms with Crippen molar-refractivity contribution in [2.45, 2.75) is 18.9 Å². The Hall–Kier alpha value is -1.14. The van der Waals surface area contributed by atoms with Crippen LogP contribution in [0, 0.1) is 5.82 Å². The summed E-state index contributed by atoms with van der Waals surface area (Å²) in [6, 6.07) is 2.71. The number of nitrogens with two attached hydrogens (primary N) is 1. The molecule has 0 aromatic heterocycles. The standard InChI is InChI=1S/C13H17BrFN3O/c1-18-4-2-3-8(7-18)17-13(19)9-5-12(16)11(15)6-10(9)14/h5-6,8H,2-4,7,16H2,1H3,(H,17,19). The zero-order valence-corrected chi connectivity index (χ0v) is 12.3. The lowest BCUT2D eigenvalue weighted by molar-refractivity contribution is 0.0912. The third-order valence-electron chi connectivity index (χ3n) is 3.29. The topological polar surface area (TPSA) is 58.4 Å². The highest BCUT2D eigenvalue weighted by molar-refractivity contribution is 9.10. The van der Waals surface area contributed by atoms with Gasteiger partial charge in [-0.3, -0.25) is 4.79 Å². The van der Waals surface area contributed by atoms with E-state index in [0.717, 1.165) is 25.9 Å². The van der Waals surface area contributed by atoms with Crippen molar-refractivity contribution in [1.82, 2.24) is 10.2 Å². The fourth-order valence-electron chi connectivity index (χ4n) is 2.29. The smallest absolute Gasteiger partial charge is 0.252 e. The van der Waals surface area contributed by atoms with Crippen LogP contribution in [0.5, 0.6) is 0 Å². The molecule has 2 rings (SSSR count). The molecule has 1 amide bonds. The van der Waals surface area contributed by atoms with E-state index in [2.05, 4.69) is 26.1 Å². The molecule has 1 aliphatic rings. The molecule has 1 saturated heterocycles. The number of carbonyl (C=O) groups is 1. The number of halogens is 2. The normalized spacial score (nSPS) is 20.3. The Bertz CT molecular complexity index is 495. The number of rotatable bonds is 2. The minimum Gasteiger partial charge on any atom is -0.396 e. The number of benzene rings is 1. The molecule has 1 aromatic rings. The average molecular weight is 330 g/mol. The highest BCUT2D eigenvalue weighted by atomic mass is 79.9. The van der Waals surface area contributed by atoms with Gasteiger partial charge in [0, 0.05) is 17.1 Å². The van der Waals surface area contributed by atoms with E-state index in [1.165, 1.54) is 12.1 Å². The van der Waals surface area contributed by atoms with Crippen molar-refractivity contribution in [3.8, 4) is 0 Å². The number of anilines is 1. The zero-order chi connectivity index (χ0) is 14.0. The summed E-state index contributed by atoms with van der Waals surface area (Å²) in [4.78, 5) is 14.3. The van der Waals surface area contributed by atoms with Gasteiger partial charge in [-0.25, -0.2) is 4.39 Å². The van der Waals surface area contributed by atoms with E-state index < -0.39 is 5.82 Å². The van der Waals surface area contributed by atoms with E-state index in [4.69, 9.17) is 5.73 Å². The Balaban J connectivity index is 2.09. The molecule has 19 heavy (non-hydrogen) atoms. The van der Waals surface area contributed by atoms with Crippen molar-refractivity contribution in [1.29, 1.82) is 0 Å². The van der Waals surface area contributed by atoms with E-state index in [0.29, 0.717) is 10.0 Å². The second kappa shape index (κ2) is 5.88. The van der Waals surface area contributed by atoms with Crippen LogP contribution < -0.4 is 11.1 Å². The number of amides is 1. The van der Waals surface area contributed by atoms with Crippen molar-refractivity contribution in [3.63, 3.8) is 0 Å². The second-order valence-electron chi connectivity index (χ2n) is 4.93. The van der Waals surface area contributed by atoms with Gasteiger partial charge < -0.3 is 16.0 Å². The molecule has 1 aromatic carbocycles. The number of nitrogens with one attached hydrogen (secondary N) is 1. The molecular weight excluding hydrogens is 313 g/mol. The molecule has 0 bridgehead atoms. The second-order valence-corrected chi connectivity index (χ2v) is 5.78. The number of likely N-dealkylation sites (N-methyl/N-ethyl adjacent to an activating group) is 1. The van der Waals surface area contributed by atoms with E-state index in [9.17, 15) is 9.18 Å². The van der Waals surface area contributed by atoms with Crippen molar-refractivity contribution >= 4 is 27.5 Å². The summed E-state index contributed by atoms with van der Waals surface area (Å²) in [5, 5.41) is 2.96. The van der Waals surface area contributed by atoms with Crippen LogP contribution in [0.3, 0.4) is 0 Å². The van der Waals surface area contributed by atoms with Gasteiger partial charge >= 0.3 is 0 Å². The van der Waals surface area contributed by atoms with Gasteiger partial charge in [0.25, 0.3) is 5.91 Å². The molecule has 104 valence electrons. The molecule has 0 radical (unpaired) electrons. The monoisotopic (exact) mass is 329 g/mol. The largest absolute Gasteiger partial charge is 0.396 e. The fourth-order valence-corrected chi connectivity index (χ4v) is 2.78. The summed E-state index contributed by atoms with van der Waals surface area (Å²) in [7, 11) is 2.03. The fraction of sp³-hybridized carbons (Fsp3) is 0.462. The first-order valence-corrected chi connectivity index (χ1v) is 7.00. The predicted molar refractivity (Wildman–Crippen MR) is 76.5 cm³/mol. The molecule has 0 saturated carbocycles. The highest BCUT2D eigenvalue weighted by Gasteiger charge is 2.21. The van der Waals surface area contributed by atoms with Crippen LogP contribution in [-0.4, -0.2) is 37.0 Å². The van der Waals surface area contributed by atoms with Crippen LogP contribution in [-0.2, 0) is 0 Å². The molecule has 1 aliphatic heterocycles. The minimum absolute atomic E-state index is 0.0193. The van der Waals surface area contributed by atoms with E-state index in [1.807, 2.05) is 7.05 Å². The van der Waals surface area contributed by atoms with Gasteiger partial charge in [0.1, 0.15) is 5.82 Å². The van der Waals surface area contributed by atoms with Crippen LogP contribution in [0.4, 0.5) is 10.1 Å². The number of piperidine rings is 1. The summed E-state index contributed by atoms with van der Waals surface area (Å²) in [6.45, 7) is 1.89. The van der Waals surface area contributed by atoms with Gasteiger partial charge in [-0.15, -0.1) is 0 Å². The zero-order valence-electron chi connectivity index (χ0n) is 10.7. The Morgan fingerprint density at radius 1 is 1.58 bits per heavy atom. The molecule has 4 nitrogen and oxygen atoms in total. The molecule has 1 unspecified atom stereocenters. The number of carbonyl (C=O) groups excluding carboxylic acids is 1. The molecule has 0 spiro atoms. The Kier molecular flexibility index (Phi) is 4.42. The number of nitrogen functional groups attached to an aromatic ring is 1. The van der Waals surface area contributed by atoms with Gasteiger partial charge in [-0.05, 0) is 54.5 Å². The van der Waals surface area contributed by atoms with Gasteiger partial charge in [0.2, 0.25) is 0 Å². The molecule has 0 aliphatic carbocycles. The maximum absolute atomic E-state index is 13.2. The molecule has 6 heteroatoms. The SMILES string of the molecule is CN1CCCC(NC(=O)c2cc(N)c(F)cc2Br)C1. The van der Waals surface area contributed by atoms with Crippen LogP contribution in [0.15, 0.2) is 16.6 Å². The lowest BCUT2D eigenvalue weighted by Crippen LogP contribution is -2.46. The number of likely N-dealkylation sites (tertiary alicyclic amines) is 1. The first-order chi connectivity index (χ1) is 8.97. The molecule has 1 atom stereocenters. The number of hydrogen-bond donors (Lipinski definition) is 2. The summed E-state index contributed by atoms with van der Waals surface area (Å²) in [6.07, 6.45) is 2.03. The maximum Gasteiger partial charge on any atom is 0.252 e. The van der Waals surface area contributed by atoms with Crippen molar-refractivity contribution < 1.29 is 9.18 Å². The highest BCUT2D eigenvalue weighted by Crippen LogP contribution is 2.23. The van der Waals surface area contributed by atoms with E-state index >= 15 is 0 Å². The van der Waals surface area contributed by atoms with Crippen molar-refractivity contribution in [2.75, 3.05) is 25.9 Å². The van der Waals surface area contributed by atoms with Gasteiger partial charge in [-0.1, -0.05) is 0 Å². The molecule has 1 heterocycles. The lowest BCUT2D eigenvalue weighted by Gasteiger charge is -2.30. The Labute approximate surface area is 120 Å². The summed E-state index contributed by atoms with van der Waals surface area (Å²) in [5.41, 5.74) is 5.85. The quantitative estimate of drug-likeness (QED) is 0.816. The molecule has 1 fully saturated rings. The molecule has 3 N–H and O–H groups in total. The Morgan fingerprint density at radius 2 is 2.32 bits per heavy atom. The van der Waals surface area contributed by atoms with Crippen LogP contribution >= 0.6 is 15.9 Å². The van der Waals surface area contributed by atoms with Gasteiger partial charge in [0.15, 0.2) is 0 Å². The third kappa shape index (κ3) is 3.45. The van der Waals surface area contributed by atoms with Crippen LogP contribution in [0.1, 0.15) is 23.2 Å². The van der Waals surface area contributed by atoms with E-state index in [1.54, 1.807) is 0 Å². The summed E-state index contributed by atoms with van der Waals surface area (Å²) >= 11 is 3.19. The average Bonchev–Trinajstić information content (AvgIpc) is 2.33. The number of nitrogens with zero attached hydrogens (tertiary/aromatic N) is 1. The third-order valence-corrected chi connectivity index (χ3v) is 3.95. The molecular formula is C13H17BrFN3O. The summed E-state index contributed by atoms with van der Waals surface area (Å²) < 4.78 is 13.7. The lowest BCUT2D eigenvalue weighted by atomic mass is 10.1. The first kappa shape index (κ1) is 14.3. The predicted octanol–water partition coefficient (Wildman–Crippen LogP) is 1.99. The minimum atomic E-state index is -0.527. The summed E-state index contributed by atoms with van der Waals surface area (Å²) in [5.74, 6) is -0.750. The van der Waals surface area contributed by atoms with Crippen molar-refractivity contribution in [2.24, 2.45) is 0 Å². The van der Waals surface area contributed by atoms with Crippen LogP contribution in [0.25, 0.3) is 0 Å². The van der Waals surface area contributed by atoms with Gasteiger partial charge in [0.05, 0.1) is 11.3 Å². The number of hydrogen-bond acceptors (Lipinski definition) is 3. The van der Waals surface area contributed by atoms with Gasteiger partial charge in [-0.2, -0.15) is 0 Å². The first-order valence-electron chi connectivity index (χ1n) is 6.21. The maximum atomic E-state index is 13.2. The van der Waals surface area contributed by atoms with Crippen molar-refractivity contribution in [3.05, 3.63) is 28.0 Å². The van der Waals surface area contributed by atoms with E-state index in [-0.39, 0.29) is 17.6 Å². The Morgan fingerprint density at radius 3 is 3.00 bits per heavy atom.